The minimum Gasteiger partial charge on any atom is -0.496 e. The average molecular weight is 337 g/mol. The molecule has 1 atom stereocenters. The van der Waals surface area contributed by atoms with Crippen molar-refractivity contribution in [2.24, 2.45) is 0 Å². The monoisotopic (exact) mass is 337 g/mol. The third-order valence-electron chi connectivity index (χ3n) is 3.67. The summed E-state index contributed by atoms with van der Waals surface area (Å²) in [5, 5.41) is 2.77. The normalized spacial score (nSPS) is 12.6. The Hall–Kier alpha value is -2.50. The van der Waals surface area contributed by atoms with E-state index in [4.69, 9.17) is 4.74 Å². The first-order valence-electron chi connectivity index (χ1n) is 7.35. The van der Waals surface area contributed by atoms with Gasteiger partial charge in [0.05, 0.1) is 18.7 Å². The number of halogens is 3. The van der Waals surface area contributed by atoms with Gasteiger partial charge >= 0.3 is 6.18 Å². The molecule has 0 saturated carbocycles. The van der Waals surface area contributed by atoms with Crippen LogP contribution >= 0.6 is 0 Å². The van der Waals surface area contributed by atoms with Crippen LogP contribution in [0.3, 0.4) is 0 Å². The molecule has 6 heteroatoms. The minimum atomic E-state index is -4.42. The van der Waals surface area contributed by atoms with Gasteiger partial charge in [-0.05, 0) is 44.2 Å². The van der Waals surface area contributed by atoms with Gasteiger partial charge in [-0.2, -0.15) is 13.2 Å². The number of carbonyl (C=O) groups excluding carboxylic acids is 1. The van der Waals surface area contributed by atoms with Crippen LogP contribution in [0.5, 0.6) is 5.75 Å². The second-order valence-corrected chi connectivity index (χ2v) is 5.52. The Morgan fingerprint density at radius 1 is 1.12 bits per heavy atom. The van der Waals surface area contributed by atoms with Crippen molar-refractivity contribution in [3.05, 3.63) is 64.7 Å². The van der Waals surface area contributed by atoms with E-state index in [9.17, 15) is 18.0 Å². The fourth-order valence-corrected chi connectivity index (χ4v) is 2.36. The zero-order valence-electron chi connectivity index (χ0n) is 13.6. The fraction of sp³-hybridized carbons (Fsp3) is 0.278. The van der Waals surface area contributed by atoms with Gasteiger partial charge < -0.3 is 10.1 Å². The summed E-state index contributed by atoms with van der Waals surface area (Å²) in [5.74, 6) is 0.195. The molecule has 3 nitrogen and oxygen atoms in total. The molecule has 24 heavy (non-hydrogen) atoms. The highest BCUT2D eigenvalue weighted by Crippen LogP contribution is 2.29. The molecule has 0 aliphatic heterocycles. The van der Waals surface area contributed by atoms with Gasteiger partial charge in [-0.15, -0.1) is 0 Å². The van der Waals surface area contributed by atoms with E-state index in [0.29, 0.717) is 5.75 Å². The molecule has 0 aliphatic rings. The lowest BCUT2D eigenvalue weighted by atomic mass is 10.0. The Kier molecular flexibility index (Phi) is 5.17. The van der Waals surface area contributed by atoms with Crippen LogP contribution in [0.1, 0.15) is 40.0 Å². The third-order valence-corrected chi connectivity index (χ3v) is 3.67. The van der Waals surface area contributed by atoms with Crippen LogP contribution in [0, 0.1) is 6.92 Å². The Labute approximate surface area is 138 Å². The van der Waals surface area contributed by atoms with Gasteiger partial charge in [0.25, 0.3) is 5.91 Å². The molecule has 1 amide bonds. The van der Waals surface area contributed by atoms with Crippen LogP contribution in [0.4, 0.5) is 13.2 Å². The average Bonchev–Trinajstić information content (AvgIpc) is 2.54. The standard InChI is InChI=1S/C18H18F3NO2/c1-11-4-9-16(24-3)15(10-11)12(2)22-17(23)13-5-7-14(8-6-13)18(19,20)21/h4-10,12H,1-3H3,(H,22,23). The highest BCUT2D eigenvalue weighted by molar-refractivity contribution is 5.94. The van der Waals surface area contributed by atoms with Gasteiger partial charge in [0.1, 0.15) is 5.75 Å². The number of amides is 1. The third kappa shape index (κ3) is 4.07. The number of rotatable bonds is 4. The summed E-state index contributed by atoms with van der Waals surface area (Å²) in [6, 6.07) is 9.38. The van der Waals surface area contributed by atoms with Crippen LogP contribution in [0.25, 0.3) is 0 Å². The van der Waals surface area contributed by atoms with Gasteiger partial charge in [-0.1, -0.05) is 17.7 Å². The smallest absolute Gasteiger partial charge is 0.416 e. The van der Waals surface area contributed by atoms with Crippen LogP contribution in [-0.2, 0) is 6.18 Å². The Balaban J connectivity index is 2.16. The van der Waals surface area contributed by atoms with Crippen LogP contribution in [0.15, 0.2) is 42.5 Å². The van der Waals surface area contributed by atoms with Crippen molar-refractivity contribution in [3.8, 4) is 5.75 Å². The van der Waals surface area contributed by atoms with Gasteiger partial charge in [-0.25, -0.2) is 0 Å². The first-order chi connectivity index (χ1) is 11.2. The predicted molar refractivity (Wildman–Crippen MR) is 85.1 cm³/mol. The van der Waals surface area contributed by atoms with Crippen molar-refractivity contribution < 1.29 is 22.7 Å². The van der Waals surface area contributed by atoms with E-state index in [-0.39, 0.29) is 11.6 Å². The molecule has 0 aromatic heterocycles. The molecule has 2 rings (SSSR count). The number of hydrogen-bond donors (Lipinski definition) is 1. The van der Waals surface area contributed by atoms with E-state index in [0.717, 1.165) is 23.3 Å². The lowest BCUT2D eigenvalue weighted by Crippen LogP contribution is -2.27. The molecule has 0 heterocycles. The zero-order valence-corrected chi connectivity index (χ0v) is 13.6. The summed E-state index contributed by atoms with van der Waals surface area (Å²) in [6.45, 7) is 3.71. The van der Waals surface area contributed by atoms with Crippen LogP contribution < -0.4 is 10.1 Å². The molecule has 1 unspecified atom stereocenters. The van der Waals surface area contributed by atoms with E-state index in [1.807, 2.05) is 25.1 Å². The summed E-state index contributed by atoms with van der Waals surface area (Å²) in [5.41, 5.74) is 1.20. The van der Waals surface area contributed by atoms with E-state index in [2.05, 4.69) is 5.32 Å². The summed E-state index contributed by atoms with van der Waals surface area (Å²) in [6.07, 6.45) is -4.42. The maximum Gasteiger partial charge on any atom is 0.416 e. The van der Waals surface area contributed by atoms with E-state index in [1.54, 1.807) is 14.0 Å². The second-order valence-electron chi connectivity index (χ2n) is 5.52. The van der Waals surface area contributed by atoms with Crippen molar-refractivity contribution in [2.45, 2.75) is 26.1 Å². The maximum absolute atomic E-state index is 12.6. The quantitative estimate of drug-likeness (QED) is 0.891. The highest BCUT2D eigenvalue weighted by Gasteiger charge is 2.30. The van der Waals surface area contributed by atoms with Crippen molar-refractivity contribution >= 4 is 5.91 Å². The molecule has 0 bridgehead atoms. The summed E-state index contributed by atoms with van der Waals surface area (Å²) in [4.78, 5) is 12.2. The number of ether oxygens (including phenoxy) is 1. The molecular weight excluding hydrogens is 319 g/mol. The number of benzene rings is 2. The number of methoxy groups -OCH3 is 1. The number of alkyl halides is 3. The van der Waals surface area contributed by atoms with E-state index in [1.165, 1.54) is 12.1 Å². The number of aryl methyl sites for hydroxylation is 1. The molecule has 0 aliphatic carbocycles. The molecule has 0 radical (unpaired) electrons. The summed E-state index contributed by atoms with van der Waals surface area (Å²) >= 11 is 0. The molecule has 0 fully saturated rings. The zero-order chi connectivity index (χ0) is 17.9. The molecular formula is C18H18F3NO2. The minimum absolute atomic E-state index is 0.168. The number of hydrogen-bond acceptors (Lipinski definition) is 2. The van der Waals surface area contributed by atoms with Crippen molar-refractivity contribution in [1.29, 1.82) is 0 Å². The van der Waals surface area contributed by atoms with E-state index < -0.39 is 17.6 Å². The van der Waals surface area contributed by atoms with Gasteiger partial charge in [-0.3, -0.25) is 4.79 Å². The van der Waals surface area contributed by atoms with Crippen LogP contribution in [0.2, 0.25) is 0 Å². The molecule has 2 aromatic carbocycles. The summed E-state index contributed by atoms with van der Waals surface area (Å²) in [7, 11) is 1.54. The lowest BCUT2D eigenvalue weighted by molar-refractivity contribution is -0.137. The molecule has 1 N–H and O–H groups in total. The van der Waals surface area contributed by atoms with Gasteiger partial charge in [0, 0.05) is 11.1 Å². The van der Waals surface area contributed by atoms with Crippen LogP contribution in [-0.4, -0.2) is 13.0 Å². The predicted octanol–water partition coefficient (Wildman–Crippen LogP) is 4.51. The maximum atomic E-state index is 12.6. The largest absolute Gasteiger partial charge is 0.496 e. The lowest BCUT2D eigenvalue weighted by Gasteiger charge is -2.18. The molecule has 128 valence electrons. The van der Waals surface area contributed by atoms with Crippen molar-refractivity contribution in [1.82, 2.24) is 5.32 Å². The molecule has 0 spiro atoms. The van der Waals surface area contributed by atoms with E-state index >= 15 is 0 Å². The van der Waals surface area contributed by atoms with Crippen molar-refractivity contribution in [2.75, 3.05) is 7.11 Å². The first-order valence-corrected chi connectivity index (χ1v) is 7.35. The SMILES string of the molecule is COc1ccc(C)cc1C(C)NC(=O)c1ccc(C(F)(F)F)cc1. The topological polar surface area (TPSA) is 38.3 Å². The molecule has 2 aromatic rings. The molecule has 0 saturated heterocycles. The van der Waals surface area contributed by atoms with Gasteiger partial charge in [0.15, 0.2) is 0 Å². The van der Waals surface area contributed by atoms with Gasteiger partial charge in [0.2, 0.25) is 0 Å². The highest BCUT2D eigenvalue weighted by atomic mass is 19.4. The fourth-order valence-electron chi connectivity index (χ4n) is 2.36. The summed E-state index contributed by atoms with van der Waals surface area (Å²) < 4.78 is 43.0. The Morgan fingerprint density at radius 3 is 2.29 bits per heavy atom. The number of nitrogens with one attached hydrogen (secondary N) is 1. The Bertz CT molecular complexity index is 724. The Morgan fingerprint density at radius 2 is 1.75 bits per heavy atom. The number of carbonyl (C=O) groups is 1. The first kappa shape index (κ1) is 17.8. The van der Waals surface area contributed by atoms with Crippen molar-refractivity contribution in [3.63, 3.8) is 0 Å². The second kappa shape index (κ2) is 6.95.